The maximum atomic E-state index is 13.3. The second kappa shape index (κ2) is 11.8. The summed E-state index contributed by atoms with van der Waals surface area (Å²) in [5.41, 5.74) is 2.13. The van der Waals surface area contributed by atoms with Crippen LogP contribution < -0.4 is 4.74 Å². The molecule has 2 N–H and O–H groups in total. The zero-order valence-electron chi connectivity index (χ0n) is 23.2. The molecule has 0 spiro atoms. The number of pyridine rings is 1. The predicted octanol–water partition coefficient (Wildman–Crippen LogP) is 7.53. The largest absolute Gasteiger partial charge is 0.489 e. The number of carboxylic acid groups (broad SMARTS) is 1. The Morgan fingerprint density at radius 2 is 1.75 bits per heavy atom. The summed E-state index contributed by atoms with van der Waals surface area (Å²) in [6, 6.07) is 15.1. The van der Waals surface area contributed by atoms with Crippen molar-refractivity contribution in [2.45, 2.75) is 63.3 Å². The lowest BCUT2D eigenvalue weighted by atomic mass is 9.88. The average Bonchev–Trinajstić information content (AvgIpc) is 3.14. The molecular formula is C31H34ClFN2O4S. The van der Waals surface area contributed by atoms with E-state index in [9.17, 15) is 19.4 Å². The molecule has 0 aliphatic carbocycles. The number of nitrogens with zero attached hydrogens (tertiary/aromatic N) is 2. The summed E-state index contributed by atoms with van der Waals surface area (Å²) in [6.45, 7) is 10.2. The van der Waals surface area contributed by atoms with Crippen LogP contribution >= 0.6 is 23.4 Å². The summed E-state index contributed by atoms with van der Waals surface area (Å²) < 4.78 is 21.1. The summed E-state index contributed by atoms with van der Waals surface area (Å²) in [5, 5.41) is 22.0. The molecule has 1 unspecified atom stereocenters. The Bertz CT molecular complexity index is 1500. The van der Waals surface area contributed by atoms with Crippen LogP contribution in [-0.2, 0) is 17.8 Å². The minimum atomic E-state index is -1.02. The molecule has 1 atom stereocenters. The average molecular weight is 585 g/mol. The molecule has 4 rings (SSSR count). The fourth-order valence-corrected chi connectivity index (χ4v) is 5.59. The first kappa shape index (κ1) is 29.9. The third-order valence-electron chi connectivity index (χ3n) is 6.44. The summed E-state index contributed by atoms with van der Waals surface area (Å²) in [7, 11) is 0. The number of halogens is 2. The third kappa shape index (κ3) is 7.16. The predicted molar refractivity (Wildman–Crippen MR) is 158 cm³/mol. The number of thioether (sulfide) groups is 1. The molecule has 0 aliphatic heterocycles. The molecule has 9 heteroatoms. The van der Waals surface area contributed by atoms with Gasteiger partial charge in [-0.1, -0.05) is 56.6 Å². The van der Waals surface area contributed by atoms with Crippen molar-refractivity contribution in [2.75, 3.05) is 6.61 Å². The number of aliphatic carboxylic acids is 1. The molecule has 0 radical (unpaired) electrons. The van der Waals surface area contributed by atoms with Crippen molar-refractivity contribution < 1.29 is 24.1 Å². The SMILES string of the molecule is CC(C)(C)Sc1c(CC(C)(C)C(=O)O)n(Cc2ccc(Cl)cc2)c2ncc(OCC(O)c3ccc(F)cc3)cc12. The monoisotopic (exact) mass is 584 g/mol. The molecule has 0 saturated heterocycles. The molecule has 2 aromatic heterocycles. The Morgan fingerprint density at radius 1 is 1.10 bits per heavy atom. The summed E-state index contributed by atoms with van der Waals surface area (Å²) in [4.78, 5) is 17.9. The van der Waals surface area contributed by atoms with E-state index in [0.717, 1.165) is 21.5 Å². The minimum Gasteiger partial charge on any atom is -0.489 e. The van der Waals surface area contributed by atoms with Crippen molar-refractivity contribution in [3.05, 3.63) is 88.5 Å². The van der Waals surface area contributed by atoms with Crippen LogP contribution in [0.25, 0.3) is 11.0 Å². The number of benzene rings is 2. The highest BCUT2D eigenvalue weighted by molar-refractivity contribution is 8.00. The van der Waals surface area contributed by atoms with E-state index in [1.807, 2.05) is 30.3 Å². The molecule has 0 saturated carbocycles. The van der Waals surface area contributed by atoms with Crippen LogP contribution in [0.3, 0.4) is 0 Å². The van der Waals surface area contributed by atoms with Crippen LogP contribution in [0.5, 0.6) is 5.75 Å². The van der Waals surface area contributed by atoms with Gasteiger partial charge in [-0.3, -0.25) is 4.79 Å². The molecule has 0 amide bonds. The number of aromatic nitrogens is 2. The van der Waals surface area contributed by atoms with Gasteiger partial charge in [0, 0.05) is 38.7 Å². The van der Waals surface area contributed by atoms with E-state index in [4.69, 9.17) is 21.3 Å². The highest BCUT2D eigenvalue weighted by Gasteiger charge is 2.33. The molecular weight excluding hydrogens is 551 g/mol. The van der Waals surface area contributed by atoms with Gasteiger partial charge in [0.25, 0.3) is 0 Å². The lowest BCUT2D eigenvalue weighted by Gasteiger charge is -2.24. The van der Waals surface area contributed by atoms with Crippen LogP contribution in [0, 0.1) is 11.2 Å². The first-order chi connectivity index (χ1) is 18.7. The summed E-state index contributed by atoms with van der Waals surface area (Å²) in [6.07, 6.45) is 0.959. The first-order valence-electron chi connectivity index (χ1n) is 13.0. The molecule has 2 aromatic carbocycles. The van der Waals surface area contributed by atoms with Gasteiger partial charge in [0.2, 0.25) is 0 Å². The Hall–Kier alpha value is -3.07. The molecule has 0 aliphatic rings. The van der Waals surface area contributed by atoms with Crippen molar-refractivity contribution >= 4 is 40.4 Å². The smallest absolute Gasteiger partial charge is 0.309 e. The lowest BCUT2D eigenvalue weighted by Crippen LogP contribution is -2.28. The number of hydrogen-bond acceptors (Lipinski definition) is 5. The minimum absolute atomic E-state index is 0.0368. The lowest BCUT2D eigenvalue weighted by molar-refractivity contribution is -0.146. The van der Waals surface area contributed by atoms with E-state index >= 15 is 0 Å². The summed E-state index contributed by atoms with van der Waals surface area (Å²) >= 11 is 7.78. The quantitative estimate of drug-likeness (QED) is 0.187. The van der Waals surface area contributed by atoms with Crippen molar-refractivity contribution in [1.82, 2.24) is 9.55 Å². The molecule has 2 heterocycles. The van der Waals surface area contributed by atoms with Crippen LogP contribution in [0.4, 0.5) is 4.39 Å². The highest BCUT2D eigenvalue weighted by atomic mass is 35.5. The molecule has 0 fully saturated rings. The number of hydrogen-bond donors (Lipinski definition) is 2. The maximum absolute atomic E-state index is 13.3. The van der Waals surface area contributed by atoms with Gasteiger partial charge in [0.15, 0.2) is 0 Å². The van der Waals surface area contributed by atoms with E-state index in [0.29, 0.717) is 34.9 Å². The standard InChI is InChI=1S/C31H34ClFN2O4S/c1-30(2,3)40-27-24-14-23(39-18-26(36)20-8-12-22(33)13-9-20)16-34-28(24)35(17-19-6-10-21(32)11-7-19)25(27)15-31(4,5)29(37)38/h6-14,16,26,36H,15,17-18H2,1-5H3,(H,37,38). The Labute approximate surface area is 243 Å². The number of fused-ring (bicyclic) bond motifs is 1. The van der Waals surface area contributed by atoms with Gasteiger partial charge < -0.3 is 19.5 Å². The topological polar surface area (TPSA) is 84.6 Å². The number of rotatable bonds is 10. The molecule has 4 aromatic rings. The van der Waals surface area contributed by atoms with Gasteiger partial charge in [-0.25, -0.2) is 9.37 Å². The van der Waals surface area contributed by atoms with Crippen molar-refractivity contribution in [2.24, 2.45) is 5.41 Å². The van der Waals surface area contributed by atoms with Gasteiger partial charge in [-0.05, 0) is 55.3 Å². The Morgan fingerprint density at radius 3 is 2.35 bits per heavy atom. The maximum Gasteiger partial charge on any atom is 0.309 e. The van der Waals surface area contributed by atoms with Crippen molar-refractivity contribution in [1.29, 1.82) is 0 Å². The van der Waals surface area contributed by atoms with Gasteiger partial charge in [-0.15, -0.1) is 11.8 Å². The van der Waals surface area contributed by atoms with Gasteiger partial charge in [0.1, 0.15) is 29.9 Å². The summed E-state index contributed by atoms with van der Waals surface area (Å²) in [5.74, 6) is -0.785. The number of carbonyl (C=O) groups is 1. The number of aliphatic hydroxyl groups is 1. The zero-order chi connectivity index (χ0) is 29.2. The molecule has 212 valence electrons. The molecule has 40 heavy (non-hydrogen) atoms. The van der Waals surface area contributed by atoms with E-state index in [1.165, 1.54) is 24.3 Å². The fourth-order valence-electron chi connectivity index (χ4n) is 4.29. The number of ether oxygens (including phenoxy) is 1. The zero-order valence-corrected chi connectivity index (χ0v) is 24.8. The van der Waals surface area contributed by atoms with Crippen LogP contribution in [0.1, 0.15) is 57.5 Å². The number of aliphatic hydroxyl groups excluding tert-OH is 1. The van der Waals surface area contributed by atoms with Gasteiger partial charge in [-0.2, -0.15) is 0 Å². The van der Waals surface area contributed by atoms with Crippen LogP contribution in [0.15, 0.2) is 65.7 Å². The fraction of sp³-hybridized carbons (Fsp3) is 0.355. The van der Waals surface area contributed by atoms with Gasteiger partial charge in [0.05, 0.1) is 11.6 Å². The highest BCUT2D eigenvalue weighted by Crippen LogP contribution is 2.43. The number of carboxylic acids is 1. The van der Waals surface area contributed by atoms with Crippen molar-refractivity contribution in [3.63, 3.8) is 0 Å². The Balaban J connectivity index is 1.79. The van der Waals surface area contributed by atoms with Crippen LogP contribution in [0.2, 0.25) is 5.02 Å². The van der Waals surface area contributed by atoms with E-state index < -0.39 is 17.5 Å². The third-order valence-corrected chi connectivity index (χ3v) is 7.97. The normalized spacial score (nSPS) is 13.0. The van der Waals surface area contributed by atoms with E-state index in [-0.39, 0.29) is 17.2 Å². The van der Waals surface area contributed by atoms with E-state index in [2.05, 4.69) is 25.3 Å². The van der Waals surface area contributed by atoms with Crippen molar-refractivity contribution in [3.8, 4) is 5.75 Å². The Kier molecular flexibility index (Phi) is 8.83. The molecule has 6 nitrogen and oxygen atoms in total. The van der Waals surface area contributed by atoms with Crippen LogP contribution in [-0.4, -0.2) is 37.1 Å². The first-order valence-corrected chi connectivity index (χ1v) is 14.2. The second-order valence-corrected chi connectivity index (χ2v) is 13.8. The second-order valence-electron chi connectivity index (χ2n) is 11.5. The molecule has 0 bridgehead atoms. The van der Waals surface area contributed by atoms with E-state index in [1.54, 1.807) is 31.8 Å². The van der Waals surface area contributed by atoms with Gasteiger partial charge >= 0.3 is 5.97 Å².